The maximum absolute atomic E-state index is 10.8. The molecule has 1 amide bonds. The molecule has 7 heteroatoms. The highest BCUT2D eigenvalue weighted by molar-refractivity contribution is 5.89. The fourth-order valence-corrected chi connectivity index (χ4v) is 1.01. The van der Waals surface area contributed by atoms with Crippen molar-refractivity contribution in [3.05, 3.63) is 29.9 Å². The van der Waals surface area contributed by atoms with E-state index >= 15 is 0 Å². The molecular formula is C8H8N6O. The number of carbonyl (C=O) groups is 1. The van der Waals surface area contributed by atoms with Crippen LogP contribution in [0.1, 0.15) is 16.4 Å². The number of H-pyrrole nitrogens is 1. The first kappa shape index (κ1) is 9.13. The molecule has 1 aliphatic heterocycles. The molecule has 0 spiro atoms. The van der Waals surface area contributed by atoms with E-state index in [0.29, 0.717) is 11.5 Å². The molecule has 0 fully saturated rings. The maximum atomic E-state index is 10.8. The summed E-state index contributed by atoms with van der Waals surface area (Å²) in [7, 11) is 0. The number of aromatic nitrogens is 3. The standard InChI is InChI=1S/C8H8N6O/c9-6(15)8-11-7(13-14-8)5-3-1-2-4-10-12-5/h1-4,12H,(H2,9,15)(H,11,13,14). The van der Waals surface area contributed by atoms with Gasteiger partial charge < -0.3 is 5.73 Å². The molecular weight excluding hydrogens is 196 g/mol. The Labute approximate surface area is 84.8 Å². The van der Waals surface area contributed by atoms with Crippen molar-refractivity contribution in [2.75, 3.05) is 0 Å². The van der Waals surface area contributed by atoms with Crippen LogP contribution in [-0.4, -0.2) is 27.3 Å². The van der Waals surface area contributed by atoms with Crippen LogP contribution < -0.4 is 11.2 Å². The van der Waals surface area contributed by atoms with Crippen molar-refractivity contribution in [2.45, 2.75) is 0 Å². The zero-order valence-electron chi connectivity index (χ0n) is 7.64. The van der Waals surface area contributed by atoms with Gasteiger partial charge in [0, 0.05) is 6.21 Å². The zero-order valence-corrected chi connectivity index (χ0v) is 7.64. The van der Waals surface area contributed by atoms with Crippen LogP contribution in [0.15, 0.2) is 23.3 Å². The monoisotopic (exact) mass is 204 g/mol. The summed E-state index contributed by atoms with van der Waals surface area (Å²) in [5.74, 6) is -0.292. The molecule has 0 radical (unpaired) electrons. The molecule has 76 valence electrons. The van der Waals surface area contributed by atoms with Crippen molar-refractivity contribution in [1.82, 2.24) is 20.6 Å². The summed E-state index contributed by atoms with van der Waals surface area (Å²) in [5, 5.41) is 10.1. The first-order chi connectivity index (χ1) is 7.27. The number of primary amides is 1. The van der Waals surface area contributed by atoms with Gasteiger partial charge in [0.2, 0.25) is 5.82 Å². The number of rotatable bonds is 2. The molecule has 0 aromatic carbocycles. The van der Waals surface area contributed by atoms with Crippen molar-refractivity contribution < 1.29 is 4.79 Å². The molecule has 0 saturated heterocycles. The molecule has 0 unspecified atom stereocenters. The Morgan fingerprint density at radius 3 is 3.00 bits per heavy atom. The number of nitrogens with two attached hydrogens (primary N) is 1. The molecule has 0 atom stereocenters. The minimum absolute atomic E-state index is 0.0184. The lowest BCUT2D eigenvalue weighted by molar-refractivity contribution is 0.0991. The minimum Gasteiger partial charge on any atom is -0.363 e. The first-order valence-electron chi connectivity index (χ1n) is 4.16. The molecule has 0 saturated carbocycles. The Balaban J connectivity index is 2.29. The second kappa shape index (κ2) is 3.74. The van der Waals surface area contributed by atoms with E-state index in [4.69, 9.17) is 5.73 Å². The Hall–Kier alpha value is -2.44. The lowest BCUT2D eigenvalue weighted by Gasteiger charge is -1.97. The van der Waals surface area contributed by atoms with Crippen molar-refractivity contribution in [3.63, 3.8) is 0 Å². The summed E-state index contributed by atoms with van der Waals surface area (Å²) in [6, 6.07) is 0. The van der Waals surface area contributed by atoms with Crippen LogP contribution in [0.3, 0.4) is 0 Å². The zero-order chi connectivity index (χ0) is 10.7. The van der Waals surface area contributed by atoms with Crippen LogP contribution in [0, 0.1) is 0 Å². The summed E-state index contributed by atoms with van der Waals surface area (Å²) in [5.41, 5.74) is 8.34. The number of carbonyl (C=O) groups excluding carboxylic acids is 1. The van der Waals surface area contributed by atoms with Crippen LogP contribution in [-0.2, 0) is 0 Å². The molecule has 15 heavy (non-hydrogen) atoms. The van der Waals surface area contributed by atoms with E-state index < -0.39 is 5.91 Å². The molecule has 2 rings (SSSR count). The minimum atomic E-state index is -0.651. The fourth-order valence-electron chi connectivity index (χ4n) is 1.01. The van der Waals surface area contributed by atoms with Crippen LogP contribution in [0.5, 0.6) is 0 Å². The molecule has 2 heterocycles. The quantitative estimate of drug-likeness (QED) is 0.596. The van der Waals surface area contributed by atoms with Crippen molar-refractivity contribution in [1.29, 1.82) is 0 Å². The van der Waals surface area contributed by atoms with E-state index in [0.717, 1.165) is 0 Å². The summed E-state index contributed by atoms with van der Waals surface area (Å²) >= 11 is 0. The van der Waals surface area contributed by atoms with Crippen LogP contribution in [0.25, 0.3) is 5.70 Å². The van der Waals surface area contributed by atoms with Crippen molar-refractivity contribution >= 4 is 17.8 Å². The second-order valence-electron chi connectivity index (χ2n) is 2.73. The Morgan fingerprint density at radius 1 is 1.40 bits per heavy atom. The number of hydrazone groups is 1. The second-order valence-corrected chi connectivity index (χ2v) is 2.73. The third kappa shape index (κ3) is 1.90. The fraction of sp³-hybridized carbons (Fsp3) is 0. The van der Waals surface area contributed by atoms with E-state index in [2.05, 4.69) is 25.7 Å². The lowest BCUT2D eigenvalue weighted by atomic mass is 10.3. The predicted octanol–water partition coefficient (Wildman–Crippen LogP) is -0.610. The van der Waals surface area contributed by atoms with Crippen LogP contribution >= 0.6 is 0 Å². The van der Waals surface area contributed by atoms with Gasteiger partial charge in [-0.3, -0.25) is 15.3 Å². The predicted molar refractivity (Wildman–Crippen MR) is 53.6 cm³/mol. The van der Waals surface area contributed by atoms with E-state index in [1.54, 1.807) is 24.4 Å². The van der Waals surface area contributed by atoms with Gasteiger partial charge >= 0.3 is 0 Å². The van der Waals surface area contributed by atoms with Gasteiger partial charge in [-0.15, -0.1) is 0 Å². The normalized spacial score (nSPS) is 14.3. The molecule has 0 bridgehead atoms. The first-order valence-corrected chi connectivity index (χ1v) is 4.16. The third-order valence-electron chi connectivity index (χ3n) is 1.68. The largest absolute Gasteiger partial charge is 0.363 e. The van der Waals surface area contributed by atoms with E-state index in [1.807, 2.05) is 0 Å². The maximum Gasteiger partial charge on any atom is 0.286 e. The molecule has 0 aliphatic carbocycles. The number of nitrogens with zero attached hydrogens (tertiary/aromatic N) is 3. The van der Waals surface area contributed by atoms with Crippen LogP contribution in [0.4, 0.5) is 0 Å². The van der Waals surface area contributed by atoms with Gasteiger partial charge in [-0.05, 0) is 12.2 Å². The highest BCUT2D eigenvalue weighted by atomic mass is 16.1. The van der Waals surface area contributed by atoms with Gasteiger partial charge in [-0.1, -0.05) is 6.08 Å². The number of nitrogens with one attached hydrogen (secondary N) is 2. The third-order valence-corrected chi connectivity index (χ3v) is 1.68. The average Bonchev–Trinajstić information content (AvgIpc) is 2.55. The molecule has 7 nitrogen and oxygen atoms in total. The summed E-state index contributed by atoms with van der Waals surface area (Å²) in [6.45, 7) is 0. The molecule has 1 aromatic rings. The van der Waals surface area contributed by atoms with Gasteiger partial charge in [0.1, 0.15) is 5.70 Å². The summed E-state index contributed by atoms with van der Waals surface area (Å²) in [4.78, 5) is 14.7. The molecule has 4 N–H and O–H groups in total. The number of aromatic amines is 1. The van der Waals surface area contributed by atoms with Gasteiger partial charge in [-0.25, -0.2) is 4.98 Å². The highest BCUT2D eigenvalue weighted by Gasteiger charge is 2.11. The Morgan fingerprint density at radius 2 is 2.27 bits per heavy atom. The van der Waals surface area contributed by atoms with Crippen molar-refractivity contribution in [2.24, 2.45) is 10.8 Å². The Bertz CT molecular complexity index is 469. The number of hydrogen-bond acceptors (Lipinski definition) is 5. The van der Waals surface area contributed by atoms with Gasteiger partial charge in [0.15, 0.2) is 5.82 Å². The smallest absolute Gasteiger partial charge is 0.286 e. The summed E-state index contributed by atoms with van der Waals surface area (Å²) < 4.78 is 0. The van der Waals surface area contributed by atoms with E-state index in [9.17, 15) is 4.79 Å². The highest BCUT2D eigenvalue weighted by Crippen LogP contribution is 2.06. The number of allylic oxidation sites excluding steroid dienone is 3. The summed E-state index contributed by atoms with van der Waals surface area (Å²) in [6.07, 6.45) is 6.85. The average molecular weight is 204 g/mol. The number of amides is 1. The van der Waals surface area contributed by atoms with Crippen molar-refractivity contribution in [3.8, 4) is 0 Å². The molecule has 1 aliphatic rings. The topological polar surface area (TPSA) is 109 Å². The van der Waals surface area contributed by atoms with Gasteiger partial charge in [-0.2, -0.15) is 10.2 Å². The lowest BCUT2D eigenvalue weighted by Crippen LogP contribution is -2.13. The number of hydrogen-bond donors (Lipinski definition) is 3. The Kier molecular flexibility index (Phi) is 2.28. The van der Waals surface area contributed by atoms with E-state index in [1.165, 1.54) is 0 Å². The van der Waals surface area contributed by atoms with E-state index in [-0.39, 0.29) is 5.82 Å². The van der Waals surface area contributed by atoms with Gasteiger partial charge in [0.05, 0.1) is 0 Å². The van der Waals surface area contributed by atoms with Crippen LogP contribution in [0.2, 0.25) is 0 Å². The molecule has 1 aromatic heterocycles. The SMILES string of the molecule is NC(=O)c1nc(C2=CC=CC=NN2)n[nH]1. The van der Waals surface area contributed by atoms with Gasteiger partial charge in [0.25, 0.3) is 5.91 Å².